The van der Waals surface area contributed by atoms with Gasteiger partial charge < -0.3 is 4.90 Å². The van der Waals surface area contributed by atoms with Crippen molar-refractivity contribution in [2.45, 2.75) is 20.3 Å². The molecule has 1 aromatic heterocycles. The number of anilines is 1. The van der Waals surface area contributed by atoms with E-state index in [1.165, 1.54) is 11.3 Å². The molecule has 158 valence electrons. The summed E-state index contributed by atoms with van der Waals surface area (Å²) in [6.45, 7) is 4.01. The number of carbonyl (C=O) groups excluding carboxylic acids is 3. The molecule has 3 aromatic rings. The van der Waals surface area contributed by atoms with Gasteiger partial charge in [0.05, 0.1) is 11.6 Å². The maximum absolute atomic E-state index is 12.6. The van der Waals surface area contributed by atoms with Gasteiger partial charge in [-0.3, -0.25) is 25.2 Å². The topological polar surface area (TPSA) is 91.4 Å². The molecule has 8 heteroatoms. The highest BCUT2D eigenvalue weighted by atomic mass is 32.1. The second kappa shape index (κ2) is 8.69. The van der Waals surface area contributed by atoms with Gasteiger partial charge in [-0.15, -0.1) is 11.3 Å². The van der Waals surface area contributed by atoms with Gasteiger partial charge in [0.1, 0.15) is 9.88 Å². The van der Waals surface area contributed by atoms with Gasteiger partial charge in [0.15, 0.2) is 0 Å². The zero-order chi connectivity index (χ0) is 22.0. The molecule has 0 saturated carbocycles. The molecule has 0 radical (unpaired) electrons. The molecule has 4 rings (SSSR count). The van der Waals surface area contributed by atoms with Crippen LogP contribution in [0.25, 0.3) is 10.6 Å². The number of benzene rings is 2. The van der Waals surface area contributed by atoms with Crippen molar-refractivity contribution in [3.8, 4) is 10.6 Å². The number of amides is 3. The summed E-state index contributed by atoms with van der Waals surface area (Å²) in [6, 6.07) is 17.2. The number of aryl methyl sites for hydroxylation is 2. The van der Waals surface area contributed by atoms with Gasteiger partial charge in [-0.1, -0.05) is 48.0 Å². The monoisotopic (exact) mass is 434 g/mol. The second-order valence-corrected chi connectivity index (χ2v) is 8.48. The molecule has 0 bridgehead atoms. The first-order valence-electron chi connectivity index (χ1n) is 9.92. The van der Waals surface area contributed by atoms with Crippen molar-refractivity contribution in [1.29, 1.82) is 0 Å². The number of hydrazine groups is 1. The third kappa shape index (κ3) is 4.49. The van der Waals surface area contributed by atoms with Crippen molar-refractivity contribution in [1.82, 2.24) is 15.8 Å². The van der Waals surface area contributed by atoms with Crippen LogP contribution in [0.1, 0.15) is 27.3 Å². The zero-order valence-corrected chi connectivity index (χ0v) is 18.0. The maximum atomic E-state index is 12.6. The molecule has 7 nitrogen and oxygen atoms in total. The fourth-order valence-electron chi connectivity index (χ4n) is 3.45. The molecule has 2 N–H and O–H groups in total. The lowest BCUT2D eigenvalue weighted by molar-refractivity contribution is -0.126. The van der Waals surface area contributed by atoms with Crippen molar-refractivity contribution in [2.75, 3.05) is 11.4 Å². The number of hydrogen-bond donors (Lipinski definition) is 2. The number of nitrogens with one attached hydrogen (secondary N) is 2. The standard InChI is InChI=1S/C23H22N4O3S/c1-14-8-10-18(11-9-14)27-13-17(12-19(27)28)21(29)25-26-22(30)20-15(2)24-23(31-20)16-6-4-3-5-7-16/h3-11,17H,12-13H2,1-2H3,(H,25,29)(H,26,30). The SMILES string of the molecule is Cc1ccc(N2CC(C(=O)NNC(=O)c3sc(-c4ccccc4)nc3C)CC2=O)cc1. The average molecular weight is 435 g/mol. The Bertz CT molecular complexity index is 1130. The van der Waals surface area contributed by atoms with Crippen LogP contribution in [-0.4, -0.2) is 29.3 Å². The number of carbonyl (C=O) groups is 3. The predicted molar refractivity (Wildman–Crippen MR) is 120 cm³/mol. The largest absolute Gasteiger partial charge is 0.312 e. The van der Waals surface area contributed by atoms with E-state index in [2.05, 4.69) is 15.8 Å². The van der Waals surface area contributed by atoms with E-state index in [0.29, 0.717) is 10.6 Å². The summed E-state index contributed by atoms with van der Waals surface area (Å²) >= 11 is 1.27. The Morgan fingerprint density at radius 3 is 2.45 bits per heavy atom. The first kappa shape index (κ1) is 20.7. The van der Waals surface area contributed by atoms with Crippen molar-refractivity contribution in [3.63, 3.8) is 0 Å². The van der Waals surface area contributed by atoms with Crippen molar-refractivity contribution < 1.29 is 14.4 Å². The molecule has 31 heavy (non-hydrogen) atoms. The van der Waals surface area contributed by atoms with E-state index in [9.17, 15) is 14.4 Å². The van der Waals surface area contributed by atoms with E-state index in [4.69, 9.17) is 0 Å². The smallest absolute Gasteiger partial charge is 0.281 e. The van der Waals surface area contributed by atoms with Gasteiger partial charge in [-0.05, 0) is 26.0 Å². The highest BCUT2D eigenvalue weighted by molar-refractivity contribution is 7.17. The molecule has 1 fully saturated rings. The van der Waals surface area contributed by atoms with Gasteiger partial charge in [0.25, 0.3) is 5.91 Å². The van der Waals surface area contributed by atoms with Gasteiger partial charge >= 0.3 is 0 Å². The van der Waals surface area contributed by atoms with E-state index in [1.54, 1.807) is 11.8 Å². The maximum Gasteiger partial charge on any atom is 0.281 e. The molecule has 3 amide bonds. The summed E-state index contributed by atoms with van der Waals surface area (Å²) in [4.78, 5) is 44.0. The molecule has 1 aliphatic heterocycles. The van der Waals surface area contributed by atoms with E-state index >= 15 is 0 Å². The number of rotatable bonds is 4. The Kier molecular flexibility index (Phi) is 5.81. The van der Waals surface area contributed by atoms with Crippen LogP contribution in [0.2, 0.25) is 0 Å². The van der Waals surface area contributed by atoms with Gasteiger partial charge in [-0.2, -0.15) is 0 Å². The highest BCUT2D eigenvalue weighted by Gasteiger charge is 2.35. The minimum absolute atomic E-state index is 0.104. The van der Waals surface area contributed by atoms with Crippen LogP contribution < -0.4 is 15.8 Å². The van der Waals surface area contributed by atoms with Gasteiger partial charge in [-0.25, -0.2) is 4.98 Å². The number of hydrogen-bond acceptors (Lipinski definition) is 5. The predicted octanol–water partition coefficient (Wildman–Crippen LogP) is 3.24. The summed E-state index contributed by atoms with van der Waals surface area (Å²) in [7, 11) is 0. The van der Waals surface area contributed by atoms with Crippen LogP contribution in [-0.2, 0) is 9.59 Å². The van der Waals surface area contributed by atoms with Crippen LogP contribution in [0.5, 0.6) is 0 Å². The van der Waals surface area contributed by atoms with E-state index in [0.717, 1.165) is 21.8 Å². The number of nitrogens with zero attached hydrogens (tertiary/aromatic N) is 2. The van der Waals surface area contributed by atoms with Gasteiger partial charge in [0.2, 0.25) is 11.8 Å². The zero-order valence-electron chi connectivity index (χ0n) is 17.2. The van der Waals surface area contributed by atoms with Crippen LogP contribution in [0.3, 0.4) is 0 Å². The van der Waals surface area contributed by atoms with Crippen molar-refractivity contribution in [2.24, 2.45) is 5.92 Å². The third-order valence-corrected chi connectivity index (χ3v) is 6.37. The Balaban J connectivity index is 1.37. The molecule has 0 aliphatic carbocycles. The summed E-state index contributed by atoms with van der Waals surface area (Å²) in [6.07, 6.45) is 0.104. The molecular formula is C23H22N4O3S. The lowest BCUT2D eigenvalue weighted by Crippen LogP contribution is -2.45. The molecule has 2 aromatic carbocycles. The first-order chi connectivity index (χ1) is 14.9. The summed E-state index contributed by atoms with van der Waals surface area (Å²) in [5.74, 6) is -1.45. The fraction of sp³-hybridized carbons (Fsp3) is 0.217. The van der Waals surface area contributed by atoms with Crippen LogP contribution in [0, 0.1) is 19.8 Å². The Morgan fingerprint density at radius 2 is 1.74 bits per heavy atom. The molecule has 2 heterocycles. The lowest BCUT2D eigenvalue weighted by Gasteiger charge is -2.17. The molecule has 1 saturated heterocycles. The lowest BCUT2D eigenvalue weighted by atomic mass is 10.1. The summed E-state index contributed by atoms with van der Waals surface area (Å²) < 4.78 is 0. The summed E-state index contributed by atoms with van der Waals surface area (Å²) in [5, 5.41) is 0.740. The Hall–Kier alpha value is -3.52. The first-order valence-corrected chi connectivity index (χ1v) is 10.7. The number of aromatic nitrogens is 1. The van der Waals surface area contributed by atoms with Gasteiger partial charge in [0, 0.05) is 24.2 Å². The quantitative estimate of drug-likeness (QED) is 0.617. The minimum atomic E-state index is -0.531. The van der Waals surface area contributed by atoms with Crippen LogP contribution in [0.4, 0.5) is 5.69 Å². The normalized spacial score (nSPS) is 15.7. The molecule has 1 aliphatic rings. The number of thiazole rings is 1. The van der Waals surface area contributed by atoms with Crippen molar-refractivity contribution >= 4 is 34.7 Å². The highest BCUT2D eigenvalue weighted by Crippen LogP contribution is 2.28. The summed E-state index contributed by atoms with van der Waals surface area (Å²) in [5.41, 5.74) is 8.31. The van der Waals surface area contributed by atoms with E-state index < -0.39 is 11.8 Å². The molecule has 1 unspecified atom stereocenters. The van der Waals surface area contributed by atoms with E-state index in [-0.39, 0.29) is 24.8 Å². The second-order valence-electron chi connectivity index (χ2n) is 7.48. The Morgan fingerprint density at radius 1 is 1.03 bits per heavy atom. The fourth-order valence-corrected chi connectivity index (χ4v) is 4.41. The van der Waals surface area contributed by atoms with Crippen LogP contribution in [0.15, 0.2) is 54.6 Å². The van der Waals surface area contributed by atoms with Crippen molar-refractivity contribution in [3.05, 3.63) is 70.7 Å². The molecule has 1 atom stereocenters. The Labute approximate surface area is 184 Å². The van der Waals surface area contributed by atoms with Crippen LogP contribution >= 0.6 is 11.3 Å². The third-order valence-electron chi connectivity index (χ3n) is 5.16. The minimum Gasteiger partial charge on any atom is -0.312 e. The van der Waals surface area contributed by atoms with E-state index in [1.807, 2.05) is 61.5 Å². The molecular weight excluding hydrogens is 412 g/mol. The molecule has 0 spiro atoms. The average Bonchev–Trinajstić information content (AvgIpc) is 3.36.